The molecule has 0 saturated carbocycles. The lowest BCUT2D eigenvalue weighted by molar-refractivity contribution is -0.152. The van der Waals surface area contributed by atoms with Crippen LogP contribution in [0.15, 0.2) is 30.3 Å². The number of rotatable bonds is 6. The molecule has 0 aromatic heterocycles. The Kier molecular flexibility index (Phi) is 5.55. The van der Waals surface area contributed by atoms with Crippen molar-refractivity contribution in [2.75, 3.05) is 6.61 Å². The zero-order chi connectivity index (χ0) is 14.3. The van der Waals surface area contributed by atoms with Crippen molar-refractivity contribution in [3.05, 3.63) is 35.9 Å². The third-order valence-electron chi connectivity index (χ3n) is 2.53. The van der Waals surface area contributed by atoms with Gasteiger partial charge in [0.1, 0.15) is 6.61 Å². The fourth-order valence-corrected chi connectivity index (χ4v) is 1.53. The highest BCUT2D eigenvalue weighted by molar-refractivity contribution is 5.70. The summed E-state index contributed by atoms with van der Waals surface area (Å²) >= 11 is 0. The van der Waals surface area contributed by atoms with Crippen molar-refractivity contribution in [3.63, 3.8) is 0 Å². The second-order valence-corrected chi connectivity index (χ2v) is 5.27. The Labute approximate surface area is 113 Å². The van der Waals surface area contributed by atoms with E-state index >= 15 is 0 Å². The second-order valence-electron chi connectivity index (χ2n) is 5.27. The molecule has 1 rings (SSSR count). The molecule has 0 aliphatic heterocycles. The molecule has 1 aromatic carbocycles. The Morgan fingerprint density at radius 2 is 1.74 bits per heavy atom. The van der Waals surface area contributed by atoms with Crippen LogP contribution in [0.4, 0.5) is 0 Å². The molecule has 0 bridgehead atoms. The molecule has 0 heterocycles. The van der Waals surface area contributed by atoms with Gasteiger partial charge < -0.3 is 9.47 Å². The Morgan fingerprint density at radius 3 is 2.32 bits per heavy atom. The van der Waals surface area contributed by atoms with Crippen LogP contribution in [0.5, 0.6) is 0 Å². The van der Waals surface area contributed by atoms with E-state index in [0.717, 1.165) is 5.56 Å². The topological polar surface area (TPSA) is 52.6 Å². The van der Waals surface area contributed by atoms with Crippen molar-refractivity contribution < 1.29 is 19.1 Å². The van der Waals surface area contributed by atoms with Crippen molar-refractivity contribution in [3.8, 4) is 0 Å². The molecule has 0 amide bonds. The minimum absolute atomic E-state index is 0.211. The highest BCUT2D eigenvalue weighted by Gasteiger charge is 2.24. The van der Waals surface area contributed by atoms with Crippen LogP contribution < -0.4 is 0 Å². The van der Waals surface area contributed by atoms with Gasteiger partial charge in [0.15, 0.2) is 0 Å². The maximum absolute atomic E-state index is 11.7. The maximum atomic E-state index is 11.7. The third-order valence-corrected chi connectivity index (χ3v) is 2.53. The second kappa shape index (κ2) is 6.92. The summed E-state index contributed by atoms with van der Waals surface area (Å²) in [6.07, 6.45) is 0.215. The zero-order valence-electron chi connectivity index (χ0n) is 11.6. The highest BCUT2D eigenvalue weighted by Crippen LogP contribution is 2.21. The van der Waals surface area contributed by atoms with E-state index < -0.39 is 5.41 Å². The predicted molar refractivity (Wildman–Crippen MR) is 71.3 cm³/mol. The van der Waals surface area contributed by atoms with Crippen LogP contribution in [-0.4, -0.2) is 18.5 Å². The molecule has 0 aliphatic rings. The van der Waals surface area contributed by atoms with Crippen LogP contribution >= 0.6 is 0 Å². The third kappa shape index (κ3) is 6.60. The Balaban J connectivity index is 2.36. The number of carbonyl (C=O) groups is 2. The summed E-state index contributed by atoms with van der Waals surface area (Å²) in [6, 6.07) is 9.50. The molecule has 19 heavy (non-hydrogen) atoms. The average Bonchev–Trinajstić information content (AvgIpc) is 2.35. The van der Waals surface area contributed by atoms with Crippen LogP contribution in [0.1, 0.15) is 32.8 Å². The minimum atomic E-state index is -0.417. The summed E-state index contributed by atoms with van der Waals surface area (Å²) < 4.78 is 10.1. The number of carbonyl (C=O) groups excluding carboxylic acids is 2. The van der Waals surface area contributed by atoms with Crippen molar-refractivity contribution in [1.29, 1.82) is 0 Å². The standard InChI is InChI=1S/C15H20O4/c1-12(16)19-11-15(2,3)9-14(17)18-10-13-7-5-4-6-8-13/h4-8H,9-11H2,1-3H3. The lowest BCUT2D eigenvalue weighted by atomic mass is 9.90. The van der Waals surface area contributed by atoms with Crippen molar-refractivity contribution in [2.24, 2.45) is 5.41 Å². The Hall–Kier alpha value is -1.84. The smallest absolute Gasteiger partial charge is 0.306 e. The van der Waals surface area contributed by atoms with Gasteiger partial charge >= 0.3 is 11.9 Å². The number of ether oxygens (including phenoxy) is 2. The van der Waals surface area contributed by atoms with E-state index in [0.29, 0.717) is 0 Å². The van der Waals surface area contributed by atoms with Gasteiger partial charge in [0.2, 0.25) is 0 Å². The van der Waals surface area contributed by atoms with E-state index in [1.165, 1.54) is 6.92 Å². The van der Waals surface area contributed by atoms with E-state index in [1.807, 2.05) is 44.2 Å². The molecule has 4 nitrogen and oxygen atoms in total. The van der Waals surface area contributed by atoms with E-state index in [1.54, 1.807) is 0 Å². The summed E-state index contributed by atoms with van der Waals surface area (Å²) in [4.78, 5) is 22.5. The first-order chi connectivity index (χ1) is 8.89. The Morgan fingerprint density at radius 1 is 1.11 bits per heavy atom. The van der Waals surface area contributed by atoms with Crippen LogP contribution in [0.25, 0.3) is 0 Å². The van der Waals surface area contributed by atoms with E-state index in [4.69, 9.17) is 9.47 Å². The van der Waals surface area contributed by atoms with E-state index in [9.17, 15) is 9.59 Å². The van der Waals surface area contributed by atoms with Gasteiger partial charge in [0.25, 0.3) is 0 Å². The summed E-state index contributed by atoms with van der Waals surface area (Å²) in [7, 11) is 0. The van der Waals surface area contributed by atoms with Gasteiger partial charge in [-0.25, -0.2) is 0 Å². The molecule has 0 spiro atoms. The maximum Gasteiger partial charge on any atom is 0.306 e. The molecular formula is C15H20O4. The molecule has 0 saturated heterocycles. The van der Waals surface area contributed by atoms with Gasteiger partial charge in [-0.05, 0) is 5.56 Å². The minimum Gasteiger partial charge on any atom is -0.465 e. The molecule has 104 valence electrons. The number of benzene rings is 1. The summed E-state index contributed by atoms with van der Waals surface area (Å²) in [5.74, 6) is -0.633. The average molecular weight is 264 g/mol. The van der Waals surface area contributed by atoms with Gasteiger partial charge in [-0.15, -0.1) is 0 Å². The lowest BCUT2D eigenvalue weighted by Crippen LogP contribution is -2.25. The molecule has 0 atom stereocenters. The predicted octanol–water partition coefficient (Wildman–Crippen LogP) is 2.71. The largest absolute Gasteiger partial charge is 0.465 e. The van der Waals surface area contributed by atoms with Crippen LogP contribution in [-0.2, 0) is 25.7 Å². The highest BCUT2D eigenvalue weighted by atomic mass is 16.5. The molecule has 0 fully saturated rings. The van der Waals surface area contributed by atoms with Gasteiger partial charge in [0.05, 0.1) is 13.0 Å². The molecule has 0 unspecified atom stereocenters. The Bertz CT molecular complexity index is 423. The summed E-state index contributed by atoms with van der Waals surface area (Å²) in [6.45, 7) is 5.55. The van der Waals surface area contributed by atoms with Gasteiger partial charge in [-0.3, -0.25) is 9.59 Å². The van der Waals surface area contributed by atoms with Gasteiger partial charge in [-0.2, -0.15) is 0 Å². The van der Waals surface area contributed by atoms with Crippen LogP contribution in [0.2, 0.25) is 0 Å². The SMILES string of the molecule is CC(=O)OCC(C)(C)CC(=O)OCc1ccccc1. The number of hydrogen-bond acceptors (Lipinski definition) is 4. The van der Waals surface area contributed by atoms with Crippen LogP contribution in [0, 0.1) is 5.41 Å². The fraction of sp³-hybridized carbons (Fsp3) is 0.467. The first-order valence-electron chi connectivity index (χ1n) is 6.22. The van der Waals surface area contributed by atoms with Crippen molar-refractivity contribution in [2.45, 2.75) is 33.8 Å². The lowest BCUT2D eigenvalue weighted by Gasteiger charge is -2.22. The monoisotopic (exact) mass is 264 g/mol. The van der Waals surface area contributed by atoms with Crippen molar-refractivity contribution in [1.82, 2.24) is 0 Å². The van der Waals surface area contributed by atoms with Gasteiger partial charge in [-0.1, -0.05) is 44.2 Å². The van der Waals surface area contributed by atoms with E-state index in [2.05, 4.69) is 0 Å². The molecule has 4 heteroatoms. The summed E-state index contributed by atoms with van der Waals surface area (Å²) in [5, 5.41) is 0. The molecule has 1 aromatic rings. The molecular weight excluding hydrogens is 244 g/mol. The van der Waals surface area contributed by atoms with Crippen LogP contribution in [0.3, 0.4) is 0 Å². The quantitative estimate of drug-likeness (QED) is 0.741. The zero-order valence-corrected chi connectivity index (χ0v) is 11.6. The van der Waals surface area contributed by atoms with Crippen molar-refractivity contribution >= 4 is 11.9 Å². The molecule has 0 radical (unpaired) electrons. The normalized spacial score (nSPS) is 10.9. The summed E-state index contributed by atoms with van der Waals surface area (Å²) in [5.41, 5.74) is 0.535. The molecule has 0 aliphatic carbocycles. The number of esters is 2. The first kappa shape index (κ1) is 15.2. The number of hydrogen-bond donors (Lipinski definition) is 0. The van der Waals surface area contributed by atoms with E-state index in [-0.39, 0.29) is 31.6 Å². The molecule has 0 N–H and O–H groups in total. The first-order valence-corrected chi connectivity index (χ1v) is 6.22. The fourth-order valence-electron chi connectivity index (χ4n) is 1.53. The van der Waals surface area contributed by atoms with Gasteiger partial charge in [0, 0.05) is 12.3 Å².